The number of fused-ring (bicyclic) bond motifs is 1. The Kier molecular flexibility index (Phi) is 5.08. The lowest BCUT2D eigenvalue weighted by Crippen LogP contribution is -2.34. The topological polar surface area (TPSA) is 67.9 Å². The summed E-state index contributed by atoms with van der Waals surface area (Å²) < 4.78 is 54.1. The van der Waals surface area contributed by atoms with E-state index in [1.54, 1.807) is 12.1 Å². The summed E-state index contributed by atoms with van der Waals surface area (Å²) in [6.45, 7) is 1.99. The molecule has 0 spiro atoms. The number of nitrogens with zero attached hydrogens (tertiary/aromatic N) is 4. The van der Waals surface area contributed by atoms with E-state index < -0.39 is 11.7 Å². The predicted octanol–water partition coefficient (Wildman–Crippen LogP) is 4.14. The lowest BCUT2D eigenvalue weighted by atomic mass is 9.92. The highest BCUT2D eigenvalue weighted by Crippen LogP contribution is 2.38. The fourth-order valence-electron chi connectivity index (χ4n) is 3.83. The van der Waals surface area contributed by atoms with Crippen molar-refractivity contribution in [2.75, 3.05) is 18.8 Å². The van der Waals surface area contributed by atoms with E-state index in [0.717, 1.165) is 37.3 Å². The molecule has 5 nitrogen and oxygen atoms in total. The maximum Gasteiger partial charge on any atom is 0.417 e. The molecule has 1 aliphatic rings. The van der Waals surface area contributed by atoms with E-state index in [1.165, 1.54) is 12.1 Å². The first-order valence-corrected chi connectivity index (χ1v) is 9.26. The van der Waals surface area contributed by atoms with Crippen LogP contribution in [0.2, 0.25) is 0 Å². The molecule has 0 radical (unpaired) electrons. The normalized spacial score (nSPS) is 18.3. The monoisotopic (exact) mass is 405 g/mol. The SMILES string of the molecule is Nc1ncnc2nc([C@@H]3CCCN(Cc4ccc(F)cc4)C3)cc(C(F)(F)F)c12. The molecule has 0 bridgehead atoms. The van der Waals surface area contributed by atoms with E-state index in [1.807, 2.05) is 0 Å². The smallest absolute Gasteiger partial charge is 0.383 e. The first kappa shape index (κ1) is 19.5. The molecule has 4 rings (SSSR count). The van der Waals surface area contributed by atoms with Crippen LogP contribution in [0.4, 0.5) is 23.4 Å². The van der Waals surface area contributed by atoms with Gasteiger partial charge in [-0.2, -0.15) is 13.2 Å². The Bertz CT molecular complexity index is 1020. The van der Waals surface area contributed by atoms with E-state index in [2.05, 4.69) is 19.9 Å². The number of hydrogen-bond donors (Lipinski definition) is 1. The number of nitrogens with two attached hydrogens (primary N) is 1. The molecule has 1 aliphatic heterocycles. The number of anilines is 1. The van der Waals surface area contributed by atoms with Gasteiger partial charge in [0, 0.05) is 24.7 Å². The molecule has 1 saturated heterocycles. The standard InChI is InChI=1S/C20H19F4N5/c21-14-5-3-12(4-6-14)9-29-7-1-2-13(10-29)16-8-15(20(22,23)24)17-18(25)26-11-27-19(17)28-16/h3-6,8,11,13H,1-2,7,9-10H2,(H2,25,26,27,28)/t13-/m1/s1. The Balaban J connectivity index is 1.64. The zero-order valence-electron chi connectivity index (χ0n) is 15.5. The maximum absolute atomic E-state index is 13.7. The molecule has 2 aromatic heterocycles. The van der Waals surface area contributed by atoms with Crippen molar-refractivity contribution in [1.82, 2.24) is 19.9 Å². The number of piperidine rings is 1. The molecule has 0 aliphatic carbocycles. The zero-order chi connectivity index (χ0) is 20.6. The zero-order valence-corrected chi connectivity index (χ0v) is 15.5. The quantitative estimate of drug-likeness (QED) is 0.664. The molecule has 1 fully saturated rings. The van der Waals surface area contributed by atoms with Gasteiger partial charge in [-0.15, -0.1) is 0 Å². The predicted molar refractivity (Wildman–Crippen MR) is 100 cm³/mol. The van der Waals surface area contributed by atoms with Crippen LogP contribution in [0.25, 0.3) is 11.0 Å². The van der Waals surface area contributed by atoms with Crippen molar-refractivity contribution >= 4 is 16.9 Å². The number of pyridine rings is 1. The van der Waals surface area contributed by atoms with Gasteiger partial charge < -0.3 is 5.73 Å². The van der Waals surface area contributed by atoms with Gasteiger partial charge in [0.25, 0.3) is 0 Å². The first-order valence-electron chi connectivity index (χ1n) is 9.26. The van der Waals surface area contributed by atoms with E-state index >= 15 is 0 Å². The highest BCUT2D eigenvalue weighted by atomic mass is 19.4. The van der Waals surface area contributed by atoms with Crippen LogP contribution in [0.5, 0.6) is 0 Å². The van der Waals surface area contributed by atoms with E-state index in [4.69, 9.17) is 5.73 Å². The largest absolute Gasteiger partial charge is 0.417 e. The third-order valence-corrected chi connectivity index (χ3v) is 5.20. The lowest BCUT2D eigenvalue weighted by molar-refractivity contribution is -0.136. The molecule has 152 valence electrons. The molecule has 2 N–H and O–H groups in total. The number of aromatic nitrogens is 3. The first-order chi connectivity index (χ1) is 13.8. The van der Waals surface area contributed by atoms with Crippen molar-refractivity contribution in [2.24, 2.45) is 0 Å². The molecule has 3 aromatic rings. The molecular formula is C20H19F4N5. The summed E-state index contributed by atoms with van der Waals surface area (Å²) in [6.07, 6.45) is -1.90. The fraction of sp³-hybridized carbons (Fsp3) is 0.350. The molecular weight excluding hydrogens is 386 g/mol. The number of benzene rings is 1. The van der Waals surface area contributed by atoms with Crippen molar-refractivity contribution in [3.63, 3.8) is 0 Å². The van der Waals surface area contributed by atoms with Gasteiger partial charge >= 0.3 is 6.18 Å². The average molecular weight is 405 g/mol. The Labute approximate surface area is 164 Å². The molecule has 0 unspecified atom stereocenters. The minimum absolute atomic E-state index is 0.0435. The Morgan fingerprint density at radius 1 is 1.14 bits per heavy atom. The lowest BCUT2D eigenvalue weighted by Gasteiger charge is -2.32. The second-order valence-corrected chi connectivity index (χ2v) is 7.25. The Morgan fingerprint density at radius 2 is 1.90 bits per heavy atom. The van der Waals surface area contributed by atoms with Gasteiger partial charge in [0.15, 0.2) is 5.65 Å². The minimum Gasteiger partial charge on any atom is -0.383 e. The van der Waals surface area contributed by atoms with E-state index in [-0.39, 0.29) is 28.6 Å². The summed E-state index contributed by atoms with van der Waals surface area (Å²) in [5, 5.41) is -0.261. The highest BCUT2D eigenvalue weighted by Gasteiger charge is 2.36. The summed E-state index contributed by atoms with van der Waals surface area (Å²) >= 11 is 0. The Morgan fingerprint density at radius 3 is 2.62 bits per heavy atom. The number of rotatable bonds is 3. The second-order valence-electron chi connectivity index (χ2n) is 7.25. The number of nitrogen functional groups attached to an aromatic ring is 1. The Hall–Kier alpha value is -2.81. The van der Waals surface area contributed by atoms with Crippen molar-refractivity contribution in [3.05, 3.63) is 59.3 Å². The molecule has 1 atom stereocenters. The van der Waals surface area contributed by atoms with Crippen LogP contribution < -0.4 is 5.73 Å². The van der Waals surface area contributed by atoms with Crippen molar-refractivity contribution in [3.8, 4) is 0 Å². The van der Waals surface area contributed by atoms with Crippen molar-refractivity contribution in [2.45, 2.75) is 31.5 Å². The van der Waals surface area contributed by atoms with Crippen LogP contribution in [0.3, 0.4) is 0 Å². The van der Waals surface area contributed by atoms with Crippen LogP contribution in [0, 0.1) is 5.82 Å². The maximum atomic E-state index is 13.7. The second kappa shape index (κ2) is 7.55. The van der Waals surface area contributed by atoms with Crippen LogP contribution in [-0.2, 0) is 12.7 Å². The van der Waals surface area contributed by atoms with Gasteiger partial charge in [-0.25, -0.2) is 19.3 Å². The van der Waals surface area contributed by atoms with Crippen molar-refractivity contribution in [1.29, 1.82) is 0 Å². The number of likely N-dealkylation sites (tertiary alicyclic amines) is 1. The van der Waals surface area contributed by atoms with Crippen LogP contribution >= 0.6 is 0 Å². The third kappa shape index (κ3) is 4.14. The van der Waals surface area contributed by atoms with Gasteiger partial charge in [-0.05, 0) is 43.1 Å². The van der Waals surface area contributed by atoms with Gasteiger partial charge in [0.1, 0.15) is 18.0 Å². The fourth-order valence-corrected chi connectivity index (χ4v) is 3.83. The molecule has 1 aromatic carbocycles. The van der Waals surface area contributed by atoms with E-state index in [9.17, 15) is 17.6 Å². The van der Waals surface area contributed by atoms with Gasteiger partial charge in [0.05, 0.1) is 10.9 Å². The molecule has 0 saturated carbocycles. The number of alkyl halides is 3. The highest BCUT2D eigenvalue weighted by molar-refractivity contribution is 5.89. The average Bonchev–Trinajstić information content (AvgIpc) is 2.69. The molecule has 0 amide bonds. The third-order valence-electron chi connectivity index (χ3n) is 5.20. The molecule has 3 heterocycles. The van der Waals surface area contributed by atoms with Crippen LogP contribution in [0.15, 0.2) is 36.7 Å². The summed E-state index contributed by atoms with van der Waals surface area (Å²) in [5.74, 6) is -0.694. The number of halogens is 4. The number of hydrogen-bond acceptors (Lipinski definition) is 5. The summed E-state index contributed by atoms with van der Waals surface area (Å²) in [6, 6.07) is 7.32. The minimum atomic E-state index is -4.59. The molecule has 9 heteroatoms. The summed E-state index contributed by atoms with van der Waals surface area (Å²) in [7, 11) is 0. The van der Waals surface area contributed by atoms with Crippen molar-refractivity contribution < 1.29 is 17.6 Å². The molecule has 29 heavy (non-hydrogen) atoms. The summed E-state index contributed by atoms with van der Waals surface area (Å²) in [5.41, 5.74) is 6.08. The van der Waals surface area contributed by atoms with Gasteiger partial charge in [0.2, 0.25) is 0 Å². The van der Waals surface area contributed by atoms with E-state index in [0.29, 0.717) is 18.8 Å². The van der Waals surface area contributed by atoms with Gasteiger partial charge in [-0.1, -0.05) is 12.1 Å². The van der Waals surface area contributed by atoms with Gasteiger partial charge in [-0.3, -0.25) is 4.90 Å². The summed E-state index contributed by atoms with van der Waals surface area (Å²) in [4.78, 5) is 14.1. The van der Waals surface area contributed by atoms with Crippen LogP contribution in [-0.4, -0.2) is 32.9 Å². The van der Waals surface area contributed by atoms with Crippen LogP contribution in [0.1, 0.15) is 35.6 Å².